The molecular formula is C53H92N2O7. The number of esters is 1. The Balaban J connectivity index is 4.39. The van der Waals surface area contributed by atoms with E-state index < -0.39 is 24.5 Å². The van der Waals surface area contributed by atoms with Gasteiger partial charge in [0.05, 0.1) is 13.2 Å². The van der Waals surface area contributed by atoms with Gasteiger partial charge in [-0.3, -0.25) is 14.4 Å². The molecular weight excluding hydrogens is 777 g/mol. The maximum Gasteiger partial charge on any atom is 0.328 e. The summed E-state index contributed by atoms with van der Waals surface area (Å²) in [7, 11) is 0. The third-order valence-electron chi connectivity index (χ3n) is 11.0. The number of aliphatic carboxylic acids is 1. The first kappa shape index (κ1) is 58.5. The molecule has 62 heavy (non-hydrogen) atoms. The minimum atomic E-state index is -1.39. The fourth-order valence-electron chi connectivity index (χ4n) is 7.10. The van der Waals surface area contributed by atoms with Crippen molar-refractivity contribution in [1.82, 2.24) is 10.6 Å². The van der Waals surface area contributed by atoms with Crippen molar-refractivity contribution in [2.24, 2.45) is 0 Å². The number of unbranched alkanes of at least 4 members (excludes halogenated alkanes) is 21. The van der Waals surface area contributed by atoms with Crippen LogP contribution in [0.2, 0.25) is 0 Å². The number of aliphatic hydroxyl groups is 1. The summed E-state index contributed by atoms with van der Waals surface area (Å²) in [5.41, 5.74) is 0. The van der Waals surface area contributed by atoms with Crippen molar-refractivity contribution in [3.63, 3.8) is 0 Å². The Kier molecular flexibility index (Phi) is 44.4. The quantitative estimate of drug-likeness (QED) is 0.0271. The van der Waals surface area contributed by atoms with Gasteiger partial charge in [0.2, 0.25) is 11.8 Å². The van der Waals surface area contributed by atoms with E-state index >= 15 is 0 Å². The second-order valence-electron chi connectivity index (χ2n) is 16.9. The summed E-state index contributed by atoms with van der Waals surface area (Å²) in [5.74, 6) is -2.32. The minimum absolute atomic E-state index is 0.0469. The number of carbonyl (C=O) groups excluding carboxylic acids is 3. The van der Waals surface area contributed by atoms with Gasteiger partial charge in [0.15, 0.2) is 0 Å². The molecule has 2 atom stereocenters. The van der Waals surface area contributed by atoms with E-state index in [0.29, 0.717) is 12.8 Å². The molecule has 0 radical (unpaired) electrons. The topological polar surface area (TPSA) is 142 Å². The number of carboxylic acid groups (broad SMARTS) is 1. The van der Waals surface area contributed by atoms with Crippen molar-refractivity contribution in [3.05, 3.63) is 60.8 Å². The maximum absolute atomic E-state index is 12.9. The fraction of sp³-hybridized carbons (Fsp3) is 0.736. The van der Waals surface area contributed by atoms with Crippen molar-refractivity contribution in [2.75, 3.05) is 13.2 Å². The summed E-state index contributed by atoms with van der Waals surface area (Å²) in [6, 6.07) is -1.39. The summed E-state index contributed by atoms with van der Waals surface area (Å²) in [4.78, 5) is 47.8. The zero-order valence-corrected chi connectivity index (χ0v) is 39.6. The number of amides is 2. The number of nitrogens with one attached hydrogen (secondary N) is 2. The molecule has 9 nitrogen and oxygen atoms in total. The molecule has 0 bridgehead atoms. The predicted octanol–water partition coefficient (Wildman–Crippen LogP) is 13.3. The Morgan fingerprint density at radius 1 is 0.484 bits per heavy atom. The third kappa shape index (κ3) is 43.2. The van der Waals surface area contributed by atoms with E-state index in [2.05, 4.69) is 85.2 Å². The Bertz CT molecular complexity index is 1220. The van der Waals surface area contributed by atoms with Gasteiger partial charge in [0.1, 0.15) is 12.1 Å². The van der Waals surface area contributed by atoms with Crippen LogP contribution in [0.1, 0.15) is 226 Å². The SMILES string of the molecule is CCCCC/C=C\C/C=C\C/C=C\CCCCCCCCC(=O)OC(CCCCC/C=C\C/C=C\CCCCCCC)CCCCCCCC(=O)NCC(=O)NC(CO)C(=O)O. The van der Waals surface area contributed by atoms with Crippen LogP contribution in [-0.2, 0) is 23.9 Å². The molecule has 2 amide bonds. The van der Waals surface area contributed by atoms with Gasteiger partial charge in [-0.25, -0.2) is 4.79 Å². The number of aliphatic hydroxyl groups excluding tert-OH is 1. The molecule has 9 heteroatoms. The lowest BCUT2D eigenvalue weighted by Crippen LogP contribution is -2.47. The van der Waals surface area contributed by atoms with Crippen LogP contribution in [0.4, 0.5) is 0 Å². The Labute approximate surface area is 379 Å². The lowest BCUT2D eigenvalue weighted by molar-refractivity contribution is -0.150. The molecule has 0 aliphatic carbocycles. The lowest BCUT2D eigenvalue weighted by Gasteiger charge is -2.18. The Morgan fingerprint density at radius 2 is 0.871 bits per heavy atom. The number of rotatable bonds is 45. The van der Waals surface area contributed by atoms with E-state index in [0.717, 1.165) is 109 Å². The molecule has 0 rings (SSSR count). The zero-order valence-electron chi connectivity index (χ0n) is 39.6. The molecule has 4 N–H and O–H groups in total. The maximum atomic E-state index is 12.9. The summed E-state index contributed by atoms with van der Waals surface area (Å²) in [6.45, 7) is 3.45. The first-order valence-corrected chi connectivity index (χ1v) is 25.2. The van der Waals surface area contributed by atoms with Crippen molar-refractivity contribution in [2.45, 2.75) is 238 Å². The second kappa shape index (κ2) is 47.0. The van der Waals surface area contributed by atoms with Gasteiger partial charge in [-0.1, -0.05) is 164 Å². The molecule has 2 unspecified atom stereocenters. The monoisotopic (exact) mass is 869 g/mol. The third-order valence-corrected chi connectivity index (χ3v) is 11.0. The first-order valence-electron chi connectivity index (χ1n) is 25.2. The van der Waals surface area contributed by atoms with Gasteiger partial charge in [0, 0.05) is 12.8 Å². The van der Waals surface area contributed by atoms with Gasteiger partial charge in [-0.05, 0) is 109 Å². The number of ether oxygens (including phenoxy) is 1. The highest BCUT2D eigenvalue weighted by atomic mass is 16.5. The van der Waals surface area contributed by atoms with Crippen LogP contribution < -0.4 is 10.6 Å². The molecule has 0 saturated carbocycles. The van der Waals surface area contributed by atoms with Crippen LogP contribution in [0.5, 0.6) is 0 Å². The molecule has 0 aromatic heterocycles. The van der Waals surface area contributed by atoms with Crippen molar-refractivity contribution in [1.29, 1.82) is 0 Å². The van der Waals surface area contributed by atoms with E-state index in [1.165, 1.54) is 83.5 Å². The number of carboxylic acids is 1. The molecule has 0 aromatic carbocycles. The summed E-state index contributed by atoms with van der Waals surface area (Å²) in [6.07, 6.45) is 58.2. The lowest BCUT2D eigenvalue weighted by atomic mass is 10.0. The van der Waals surface area contributed by atoms with E-state index in [1.807, 2.05) is 0 Å². The van der Waals surface area contributed by atoms with Crippen LogP contribution >= 0.6 is 0 Å². The fourth-order valence-corrected chi connectivity index (χ4v) is 7.10. The van der Waals surface area contributed by atoms with Crippen LogP contribution in [0, 0.1) is 0 Å². The average Bonchev–Trinajstić information content (AvgIpc) is 3.26. The average molecular weight is 869 g/mol. The predicted molar refractivity (Wildman–Crippen MR) is 259 cm³/mol. The van der Waals surface area contributed by atoms with E-state index in [1.54, 1.807) is 0 Å². The van der Waals surface area contributed by atoms with Crippen molar-refractivity contribution >= 4 is 23.8 Å². The van der Waals surface area contributed by atoms with Crippen molar-refractivity contribution < 1.29 is 34.1 Å². The highest BCUT2D eigenvalue weighted by molar-refractivity contribution is 5.87. The van der Waals surface area contributed by atoms with E-state index in [-0.39, 0.29) is 30.9 Å². The van der Waals surface area contributed by atoms with Gasteiger partial charge >= 0.3 is 11.9 Å². The number of carbonyl (C=O) groups is 4. The number of hydrogen-bond acceptors (Lipinski definition) is 6. The highest BCUT2D eigenvalue weighted by Crippen LogP contribution is 2.18. The molecule has 0 aliphatic heterocycles. The van der Waals surface area contributed by atoms with Crippen LogP contribution in [0.3, 0.4) is 0 Å². The second-order valence-corrected chi connectivity index (χ2v) is 16.9. The molecule has 0 fully saturated rings. The van der Waals surface area contributed by atoms with Gasteiger partial charge in [0.25, 0.3) is 0 Å². The minimum Gasteiger partial charge on any atom is -0.480 e. The van der Waals surface area contributed by atoms with Crippen molar-refractivity contribution in [3.8, 4) is 0 Å². The van der Waals surface area contributed by atoms with Crippen LogP contribution in [0.25, 0.3) is 0 Å². The van der Waals surface area contributed by atoms with E-state index in [9.17, 15) is 19.2 Å². The molecule has 356 valence electrons. The van der Waals surface area contributed by atoms with Gasteiger partial charge in [-0.15, -0.1) is 0 Å². The summed E-state index contributed by atoms with van der Waals surface area (Å²) in [5, 5.41) is 22.6. The summed E-state index contributed by atoms with van der Waals surface area (Å²) < 4.78 is 6.05. The Hall–Kier alpha value is -3.46. The largest absolute Gasteiger partial charge is 0.480 e. The highest BCUT2D eigenvalue weighted by Gasteiger charge is 2.19. The first-order chi connectivity index (χ1) is 30.3. The smallest absolute Gasteiger partial charge is 0.328 e. The van der Waals surface area contributed by atoms with E-state index in [4.69, 9.17) is 14.9 Å². The van der Waals surface area contributed by atoms with Crippen LogP contribution in [0.15, 0.2) is 60.8 Å². The molecule has 0 heterocycles. The molecule has 0 saturated heterocycles. The molecule has 0 aromatic rings. The number of allylic oxidation sites excluding steroid dienone is 10. The number of hydrogen-bond donors (Lipinski definition) is 4. The standard InChI is InChI=1S/C53H92N2O7/c1-3-5-7-9-11-13-15-17-19-20-21-22-24-26-28-30-32-37-41-45-52(59)62-48(42-38-34-31-29-27-25-23-18-16-14-12-10-8-6-4-2)43-39-35-33-36-40-44-50(57)54-46-51(58)55-49(47-56)53(60)61/h11,13,16-19,21-22,25,27,48-49,56H,3-10,12,14-15,20,23-24,26,28-47H2,1-2H3,(H,54,57)(H,55,58)(H,60,61)/b13-11-,18-16-,19-17-,22-21-,27-25-. The van der Waals surface area contributed by atoms with Gasteiger partial charge < -0.3 is 25.6 Å². The normalized spacial score (nSPS) is 13.0. The molecule has 0 spiro atoms. The Morgan fingerprint density at radius 3 is 1.35 bits per heavy atom. The summed E-state index contributed by atoms with van der Waals surface area (Å²) >= 11 is 0. The zero-order chi connectivity index (χ0) is 45.4. The van der Waals surface area contributed by atoms with Gasteiger partial charge in [-0.2, -0.15) is 0 Å². The molecule has 0 aliphatic rings. The van der Waals surface area contributed by atoms with Crippen LogP contribution in [-0.4, -0.2) is 59.3 Å².